The lowest BCUT2D eigenvalue weighted by Gasteiger charge is -2.04. The Bertz CT molecular complexity index is 404. The maximum Gasteiger partial charge on any atom is 0.303 e. The van der Waals surface area contributed by atoms with Crippen LogP contribution in [0.1, 0.15) is 18.4 Å². The van der Waals surface area contributed by atoms with Crippen LogP contribution in [0.3, 0.4) is 0 Å². The van der Waals surface area contributed by atoms with Crippen LogP contribution in [0, 0.1) is 0 Å². The predicted octanol–water partition coefficient (Wildman–Crippen LogP) is 2.56. The van der Waals surface area contributed by atoms with Crippen molar-refractivity contribution in [3.8, 4) is 0 Å². The molecule has 0 aromatic heterocycles. The Morgan fingerprint density at radius 2 is 2.25 bits per heavy atom. The van der Waals surface area contributed by atoms with E-state index in [-0.39, 0.29) is 6.42 Å². The van der Waals surface area contributed by atoms with Crippen LogP contribution >= 0.6 is 11.6 Å². The first-order valence-corrected chi connectivity index (χ1v) is 5.09. The van der Waals surface area contributed by atoms with Crippen molar-refractivity contribution in [3.63, 3.8) is 0 Å². The van der Waals surface area contributed by atoms with Gasteiger partial charge in [0.15, 0.2) is 0 Å². The lowest BCUT2D eigenvalue weighted by Crippen LogP contribution is -2.05. The number of carboxylic acid groups (broad SMARTS) is 1. The first-order chi connectivity index (χ1) is 7.63. The van der Waals surface area contributed by atoms with Crippen LogP contribution in [0.25, 0.3) is 0 Å². The number of rotatable bonds is 5. The second kappa shape index (κ2) is 6.12. The highest BCUT2D eigenvalue weighted by molar-refractivity contribution is 6.31. The molecule has 1 aromatic rings. The Morgan fingerprint density at radius 1 is 1.50 bits per heavy atom. The SMILES string of the molecule is CO/N=C(\CCC(=O)O)c1cccc(Cl)c1. The number of aliphatic carboxylic acids is 1. The largest absolute Gasteiger partial charge is 0.481 e. The highest BCUT2D eigenvalue weighted by Gasteiger charge is 2.07. The van der Waals surface area contributed by atoms with E-state index in [9.17, 15) is 4.79 Å². The molecule has 0 aliphatic carbocycles. The molecule has 0 bridgehead atoms. The smallest absolute Gasteiger partial charge is 0.303 e. The molecular formula is C11H12ClNO3. The third-order valence-corrected chi connectivity index (χ3v) is 2.17. The molecular weight excluding hydrogens is 230 g/mol. The minimum absolute atomic E-state index is 0.00864. The van der Waals surface area contributed by atoms with Crippen LogP contribution in [-0.2, 0) is 9.63 Å². The zero-order valence-corrected chi connectivity index (χ0v) is 9.57. The fraction of sp³-hybridized carbons (Fsp3) is 0.273. The lowest BCUT2D eigenvalue weighted by molar-refractivity contribution is -0.136. The Labute approximate surface area is 98.5 Å². The zero-order valence-electron chi connectivity index (χ0n) is 8.81. The molecule has 0 radical (unpaired) electrons. The van der Waals surface area contributed by atoms with Gasteiger partial charge in [-0.15, -0.1) is 0 Å². The molecule has 1 rings (SSSR count). The summed E-state index contributed by atoms with van der Waals surface area (Å²) in [6.07, 6.45) is 0.318. The summed E-state index contributed by atoms with van der Waals surface area (Å²) in [6.45, 7) is 0. The summed E-state index contributed by atoms with van der Waals surface area (Å²) in [5.74, 6) is -0.870. The van der Waals surface area contributed by atoms with Gasteiger partial charge >= 0.3 is 5.97 Å². The van der Waals surface area contributed by atoms with Crippen molar-refractivity contribution in [1.29, 1.82) is 0 Å². The van der Waals surface area contributed by atoms with Gasteiger partial charge in [0.25, 0.3) is 0 Å². The number of carbonyl (C=O) groups is 1. The molecule has 0 aliphatic rings. The van der Waals surface area contributed by atoms with E-state index in [0.717, 1.165) is 5.56 Å². The highest BCUT2D eigenvalue weighted by atomic mass is 35.5. The third kappa shape index (κ3) is 3.90. The molecule has 0 atom stereocenters. The molecule has 1 aromatic carbocycles. The summed E-state index contributed by atoms with van der Waals surface area (Å²) >= 11 is 5.84. The van der Waals surface area contributed by atoms with Gasteiger partial charge in [-0.3, -0.25) is 4.79 Å². The first kappa shape index (κ1) is 12.5. The third-order valence-electron chi connectivity index (χ3n) is 1.93. The molecule has 86 valence electrons. The summed E-state index contributed by atoms with van der Waals surface area (Å²) in [6, 6.07) is 7.06. The second-order valence-corrected chi connectivity index (χ2v) is 3.56. The van der Waals surface area contributed by atoms with E-state index in [1.165, 1.54) is 7.11 Å². The van der Waals surface area contributed by atoms with Gasteiger partial charge < -0.3 is 9.94 Å². The molecule has 5 heteroatoms. The molecule has 0 spiro atoms. The molecule has 0 saturated carbocycles. The topological polar surface area (TPSA) is 58.9 Å². The van der Waals surface area contributed by atoms with Crippen LogP contribution in [0.4, 0.5) is 0 Å². The quantitative estimate of drug-likeness (QED) is 0.637. The van der Waals surface area contributed by atoms with Crippen LogP contribution < -0.4 is 0 Å². The maximum atomic E-state index is 10.5. The van der Waals surface area contributed by atoms with Crippen molar-refractivity contribution in [2.75, 3.05) is 7.11 Å². The lowest BCUT2D eigenvalue weighted by atomic mass is 10.1. The standard InChI is InChI=1S/C11H12ClNO3/c1-16-13-10(5-6-11(14)15)8-3-2-4-9(12)7-8/h2-4,7H,5-6H2,1H3,(H,14,15)/b13-10+. The Kier molecular flexibility index (Phi) is 4.79. The van der Waals surface area contributed by atoms with Crippen molar-refractivity contribution < 1.29 is 14.7 Å². The van der Waals surface area contributed by atoms with E-state index in [1.54, 1.807) is 18.2 Å². The number of halogens is 1. The van der Waals surface area contributed by atoms with Gasteiger partial charge in [0.2, 0.25) is 0 Å². The maximum absolute atomic E-state index is 10.5. The molecule has 0 amide bonds. The fourth-order valence-corrected chi connectivity index (χ4v) is 1.44. The number of oxime groups is 1. The van der Waals surface area contributed by atoms with Crippen molar-refractivity contribution in [3.05, 3.63) is 34.9 Å². The fourth-order valence-electron chi connectivity index (χ4n) is 1.25. The molecule has 0 unspecified atom stereocenters. The first-order valence-electron chi connectivity index (χ1n) is 4.71. The van der Waals surface area contributed by atoms with E-state index in [1.807, 2.05) is 6.07 Å². The van der Waals surface area contributed by atoms with Crippen molar-refractivity contribution in [2.45, 2.75) is 12.8 Å². The van der Waals surface area contributed by atoms with Gasteiger partial charge in [-0.1, -0.05) is 28.9 Å². The minimum atomic E-state index is -0.870. The molecule has 16 heavy (non-hydrogen) atoms. The van der Waals surface area contributed by atoms with Gasteiger partial charge in [-0.2, -0.15) is 0 Å². The number of nitrogens with zero attached hydrogens (tertiary/aromatic N) is 1. The predicted molar refractivity (Wildman–Crippen MR) is 61.9 cm³/mol. The number of hydrogen-bond donors (Lipinski definition) is 1. The second-order valence-electron chi connectivity index (χ2n) is 3.12. The summed E-state index contributed by atoms with van der Waals surface area (Å²) in [4.78, 5) is 15.2. The van der Waals surface area contributed by atoms with E-state index < -0.39 is 5.97 Å². The van der Waals surface area contributed by atoms with Crippen LogP contribution in [-0.4, -0.2) is 23.9 Å². The van der Waals surface area contributed by atoms with Crippen molar-refractivity contribution in [2.24, 2.45) is 5.16 Å². The number of benzene rings is 1. The van der Waals surface area contributed by atoms with Crippen molar-refractivity contribution in [1.82, 2.24) is 0 Å². The minimum Gasteiger partial charge on any atom is -0.481 e. The van der Waals surface area contributed by atoms with Gasteiger partial charge in [0.05, 0.1) is 12.1 Å². The van der Waals surface area contributed by atoms with Crippen molar-refractivity contribution >= 4 is 23.3 Å². The molecule has 0 aliphatic heterocycles. The van der Waals surface area contributed by atoms with E-state index >= 15 is 0 Å². The van der Waals surface area contributed by atoms with Crippen LogP contribution in [0.15, 0.2) is 29.4 Å². The Hall–Kier alpha value is -1.55. The average Bonchev–Trinajstić information content (AvgIpc) is 2.24. The Morgan fingerprint density at radius 3 is 2.81 bits per heavy atom. The van der Waals surface area contributed by atoms with E-state index in [2.05, 4.69) is 9.99 Å². The molecule has 1 N–H and O–H groups in total. The highest BCUT2D eigenvalue weighted by Crippen LogP contribution is 2.14. The van der Waals surface area contributed by atoms with Gasteiger partial charge in [0, 0.05) is 17.0 Å². The molecule has 0 fully saturated rings. The normalized spacial score (nSPS) is 11.2. The molecule has 4 nitrogen and oxygen atoms in total. The summed E-state index contributed by atoms with van der Waals surface area (Å²) in [5, 5.41) is 13.0. The zero-order chi connectivity index (χ0) is 12.0. The Balaban J connectivity index is 2.85. The number of hydrogen-bond acceptors (Lipinski definition) is 3. The van der Waals surface area contributed by atoms with E-state index in [0.29, 0.717) is 17.2 Å². The van der Waals surface area contributed by atoms with E-state index in [4.69, 9.17) is 16.7 Å². The summed E-state index contributed by atoms with van der Waals surface area (Å²) < 4.78 is 0. The van der Waals surface area contributed by atoms with Crippen LogP contribution in [0.2, 0.25) is 5.02 Å². The summed E-state index contributed by atoms with van der Waals surface area (Å²) in [7, 11) is 1.42. The van der Waals surface area contributed by atoms with Gasteiger partial charge in [0.1, 0.15) is 7.11 Å². The summed E-state index contributed by atoms with van der Waals surface area (Å²) in [5.41, 5.74) is 1.35. The van der Waals surface area contributed by atoms with Gasteiger partial charge in [-0.25, -0.2) is 0 Å². The monoisotopic (exact) mass is 241 g/mol. The average molecular weight is 242 g/mol. The molecule has 0 saturated heterocycles. The van der Waals surface area contributed by atoms with Crippen LogP contribution in [0.5, 0.6) is 0 Å². The molecule has 0 heterocycles. The van der Waals surface area contributed by atoms with Gasteiger partial charge in [-0.05, 0) is 12.1 Å². The number of carboxylic acids is 1.